The van der Waals surface area contributed by atoms with E-state index in [1.807, 2.05) is 29.0 Å². The quantitative estimate of drug-likeness (QED) is 0.743. The van der Waals surface area contributed by atoms with Crippen LogP contribution >= 0.6 is 0 Å². The monoisotopic (exact) mass is 387 g/mol. The summed E-state index contributed by atoms with van der Waals surface area (Å²) < 4.78 is 5.43. The summed E-state index contributed by atoms with van der Waals surface area (Å²) in [6, 6.07) is 4.25. The summed E-state index contributed by atoms with van der Waals surface area (Å²) in [6.45, 7) is 7.00. The van der Waals surface area contributed by atoms with Crippen molar-refractivity contribution < 1.29 is 14.3 Å². The van der Waals surface area contributed by atoms with E-state index in [0.717, 1.165) is 64.6 Å². The fourth-order valence-electron chi connectivity index (χ4n) is 4.21. The highest BCUT2D eigenvalue weighted by atomic mass is 16.5. The third-order valence-corrected chi connectivity index (χ3v) is 6.09. The molecule has 3 saturated heterocycles. The van der Waals surface area contributed by atoms with Gasteiger partial charge in [-0.05, 0) is 25.0 Å². The van der Waals surface area contributed by atoms with E-state index < -0.39 is 0 Å². The average molecular weight is 387 g/mol. The third-order valence-electron chi connectivity index (χ3n) is 6.09. The van der Waals surface area contributed by atoms with Gasteiger partial charge in [-0.1, -0.05) is 0 Å². The highest BCUT2D eigenvalue weighted by Gasteiger charge is 2.28. The molecule has 1 aromatic heterocycles. The van der Waals surface area contributed by atoms with Crippen molar-refractivity contribution in [1.29, 1.82) is 0 Å². The lowest BCUT2D eigenvalue weighted by molar-refractivity contribution is -0.129. The number of aromatic nitrogens is 1. The SMILES string of the molecule is CN1CCN(c2ccc(C(=O)N3CCC(N4CCOCC4)CC3)cn2)CC1=O. The predicted molar refractivity (Wildman–Crippen MR) is 105 cm³/mol. The van der Waals surface area contributed by atoms with Crippen molar-refractivity contribution in [1.82, 2.24) is 19.7 Å². The van der Waals surface area contributed by atoms with E-state index in [4.69, 9.17) is 4.74 Å². The first-order valence-electron chi connectivity index (χ1n) is 10.2. The summed E-state index contributed by atoms with van der Waals surface area (Å²) in [4.78, 5) is 37.3. The molecule has 28 heavy (non-hydrogen) atoms. The summed E-state index contributed by atoms with van der Waals surface area (Å²) in [6.07, 6.45) is 3.68. The van der Waals surface area contributed by atoms with Crippen LogP contribution in [0.3, 0.4) is 0 Å². The van der Waals surface area contributed by atoms with Crippen LogP contribution in [0, 0.1) is 0 Å². The summed E-state index contributed by atoms with van der Waals surface area (Å²) in [5, 5.41) is 0. The fraction of sp³-hybridized carbons (Fsp3) is 0.650. The third kappa shape index (κ3) is 4.12. The first-order chi connectivity index (χ1) is 13.6. The summed E-state index contributed by atoms with van der Waals surface area (Å²) >= 11 is 0. The zero-order valence-electron chi connectivity index (χ0n) is 16.5. The maximum Gasteiger partial charge on any atom is 0.255 e. The standard InChI is InChI=1S/C20H29N5O3/c1-22-8-9-25(15-19(22)26)18-3-2-16(14-21-18)20(27)24-6-4-17(5-7-24)23-10-12-28-13-11-23/h2-3,14,17H,4-13,15H2,1H3. The van der Waals surface area contributed by atoms with E-state index >= 15 is 0 Å². The molecule has 3 fully saturated rings. The summed E-state index contributed by atoms with van der Waals surface area (Å²) in [5.74, 6) is 0.897. The molecule has 0 atom stereocenters. The molecule has 0 aliphatic carbocycles. The number of hydrogen-bond acceptors (Lipinski definition) is 6. The Balaban J connectivity index is 1.32. The van der Waals surface area contributed by atoms with E-state index in [0.29, 0.717) is 24.7 Å². The van der Waals surface area contributed by atoms with Crippen LogP contribution in [0.15, 0.2) is 18.3 Å². The van der Waals surface area contributed by atoms with Gasteiger partial charge in [0.2, 0.25) is 5.91 Å². The maximum absolute atomic E-state index is 12.8. The van der Waals surface area contributed by atoms with E-state index in [1.165, 1.54) is 0 Å². The molecule has 152 valence electrons. The molecule has 3 aliphatic heterocycles. The van der Waals surface area contributed by atoms with E-state index in [9.17, 15) is 9.59 Å². The molecule has 0 unspecified atom stereocenters. The molecule has 8 nitrogen and oxygen atoms in total. The number of likely N-dealkylation sites (N-methyl/N-ethyl adjacent to an activating group) is 1. The van der Waals surface area contributed by atoms with Crippen molar-refractivity contribution in [2.45, 2.75) is 18.9 Å². The molecule has 4 rings (SSSR count). The van der Waals surface area contributed by atoms with E-state index in [-0.39, 0.29) is 11.8 Å². The molecular weight excluding hydrogens is 358 g/mol. The van der Waals surface area contributed by atoms with Gasteiger partial charge in [-0.3, -0.25) is 14.5 Å². The molecule has 3 aliphatic rings. The number of piperazine rings is 1. The normalized spacial score (nSPS) is 22.6. The zero-order chi connectivity index (χ0) is 19.5. The highest BCUT2D eigenvalue weighted by Crippen LogP contribution is 2.20. The van der Waals surface area contributed by atoms with Crippen LogP contribution in [-0.2, 0) is 9.53 Å². The molecule has 8 heteroatoms. The molecule has 0 saturated carbocycles. The minimum Gasteiger partial charge on any atom is -0.379 e. The molecule has 0 N–H and O–H groups in total. The van der Waals surface area contributed by atoms with Crippen LogP contribution in [0.4, 0.5) is 5.82 Å². The minimum atomic E-state index is 0.0499. The number of nitrogens with zero attached hydrogens (tertiary/aromatic N) is 5. The zero-order valence-corrected chi connectivity index (χ0v) is 16.5. The van der Waals surface area contributed by atoms with Crippen LogP contribution in [0.1, 0.15) is 23.2 Å². The number of morpholine rings is 1. The van der Waals surface area contributed by atoms with Gasteiger partial charge in [0.25, 0.3) is 5.91 Å². The number of ether oxygens (including phenoxy) is 1. The first-order valence-corrected chi connectivity index (χ1v) is 10.2. The van der Waals surface area contributed by atoms with E-state index in [1.54, 1.807) is 11.1 Å². The van der Waals surface area contributed by atoms with Gasteiger partial charge >= 0.3 is 0 Å². The largest absolute Gasteiger partial charge is 0.379 e. The number of rotatable bonds is 3. The van der Waals surface area contributed by atoms with Crippen LogP contribution in [0.25, 0.3) is 0 Å². The molecule has 1 aromatic rings. The number of carbonyl (C=O) groups is 2. The van der Waals surface area contributed by atoms with Crippen LogP contribution < -0.4 is 4.90 Å². The highest BCUT2D eigenvalue weighted by molar-refractivity contribution is 5.94. The number of carbonyl (C=O) groups excluding carboxylic acids is 2. The fourth-order valence-corrected chi connectivity index (χ4v) is 4.21. The van der Waals surface area contributed by atoms with Crippen molar-refractivity contribution in [2.75, 3.05) is 71.0 Å². The molecule has 0 bridgehead atoms. The first kappa shape index (κ1) is 19.1. The Hall–Kier alpha value is -2.19. The Morgan fingerprint density at radius 2 is 1.82 bits per heavy atom. The lowest BCUT2D eigenvalue weighted by Gasteiger charge is -2.40. The Morgan fingerprint density at radius 3 is 2.46 bits per heavy atom. The summed E-state index contributed by atoms with van der Waals surface area (Å²) in [7, 11) is 1.82. The Kier molecular flexibility index (Phi) is 5.77. The van der Waals surface area contributed by atoms with E-state index in [2.05, 4.69) is 9.88 Å². The van der Waals surface area contributed by atoms with Crippen molar-refractivity contribution >= 4 is 17.6 Å². The van der Waals surface area contributed by atoms with Gasteiger partial charge in [-0.2, -0.15) is 0 Å². The molecule has 4 heterocycles. The van der Waals surface area contributed by atoms with Crippen molar-refractivity contribution in [2.24, 2.45) is 0 Å². The van der Waals surface area contributed by atoms with Crippen LogP contribution in [-0.4, -0.2) is 104 Å². The van der Waals surface area contributed by atoms with Gasteiger partial charge in [0, 0.05) is 58.6 Å². The molecule has 0 spiro atoms. The van der Waals surface area contributed by atoms with Gasteiger partial charge in [0.15, 0.2) is 0 Å². The maximum atomic E-state index is 12.8. The predicted octanol–water partition coefficient (Wildman–Crippen LogP) is 0.297. The number of piperidine rings is 1. The summed E-state index contributed by atoms with van der Waals surface area (Å²) in [5.41, 5.74) is 0.619. The minimum absolute atomic E-state index is 0.0499. The molecule has 2 amide bonds. The van der Waals surface area contributed by atoms with Crippen LogP contribution in [0.5, 0.6) is 0 Å². The van der Waals surface area contributed by atoms with Gasteiger partial charge in [-0.25, -0.2) is 4.98 Å². The number of amides is 2. The molecule has 0 aromatic carbocycles. The lowest BCUT2D eigenvalue weighted by Crippen LogP contribution is -2.50. The number of pyridine rings is 1. The van der Waals surface area contributed by atoms with Crippen molar-refractivity contribution in [3.05, 3.63) is 23.9 Å². The van der Waals surface area contributed by atoms with Crippen molar-refractivity contribution in [3.63, 3.8) is 0 Å². The molecular formula is C20H29N5O3. The van der Waals surface area contributed by atoms with Crippen LogP contribution in [0.2, 0.25) is 0 Å². The van der Waals surface area contributed by atoms with Gasteiger partial charge < -0.3 is 19.4 Å². The van der Waals surface area contributed by atoms with Gasteiger partial charge in [-0.15, -0.1) is 0 Å². The Bertz CT molecular complexity index is 696. The van der Waals surface area contributed by atoms with Gasteiger partial charge in [0.05, 0.1) is 25.3 Å². The number of hydrogen-bond donors (Lipinski definition) is 0. The van der Waals surface area contributed by atoms with Crippen molar-refractivity contribution in [3.8, 4) is 0 Å². The Labute approximate surface area is 166 Å². The average Bonchev–Trinajstić information content (AvgIpc) is 2.76. The second-order valence-corrected chi connectivity index (χ2v) is 7.81. The second-order valence-electron chi connectivity index (χ2n) is 7.81. The topological polar surface area (TPSA) is 69.2 Å². The second kappa shape index (κ2) is 8.45. The van der Waals surface area contributed by atoms with Gasteiger partial charge in [0.1, 0.15) is 5.82 Å². The number of likely N-dealkylation sites (tertiary alicyclic amines) is 1. The number of anilines is 1. The smallest absolute Gasteiger partial charge is 0.255 e. The Morgan fingerprint density at radius 1 is 1.07 bits per heavy atom. The molecule has 0 radical (unpaired) electrons. The lowest BCUT2D eigenvalue weighted by atomic mass is 10.0.